The molecule has 0 N–H and O–H groups in total. The molecule has 12 nitrogen and oxygen atoms in total. The molecule has 18 heteroatoms. The first-order valence-corrected chi connectivity index (χ1v) is 19.1. The average molecular weight is 844 g/mol. The van der Waals surface area contributed by atoms with Crippen LogP contribution in [0, 0.1) is 23.7 Å². The number of hydrogen-bond donors (Lipinski definition) is 0. The Kier molecular flexibility index (Phi) is 11.3. The molecule has 42 heavy (non-hydrogen) atoms. The van der Waals surface area contributed by atoms with Crippen molar-refractivity contribution in [3.05, 3.63) is 0 Å². The summed E-state index contributed by atoms with van der Waals surface area (Å²) in [5.74, 6) is 3.85. The first kappa shape index (κ1) is 33.2. The molecule has 16 bridgehead atoms. The van der Waals surface area contributed by atoms with Crippen molar-refractivity contribution in [2.24, 2.45) is 23.7 Å². The standard InChI is InChI=1S/4C6H12N3P.2Ag/c4*1-6-2-8-4-7(1)5-9(3-6)10-8;;/h4*6,10H,1-5H2;;/q;;;;2*+1. The van der Waals surface area contributed by atoms with Gasteiger partial charge in [-0.3, -0.25) is 57.0 Å². The summed E-state index contributed by atoms with van der Waals surface area (Å²) < 4.78 is 20.6. The van der Waals surface area contributed by atoms with Crippen LogP contribution in [0.25, 0.3) is 0 Å². The zero-order valence-corrected chi connectivity index (χ0v) is 31.4. The molecule has 0 aromatic heterocycles. The van der Waals surface area contributed by atoms with Crippen molar-refractivity contribution < 1.29 is 44.8 Å². The first-order chi connectivity index (χ1) is 19.6. The Morgan fingerprint density at radius 1 is 0.262 bits per heavy atom. The molecule has 16 heterocycles. The van der Waals surface area contributed by atoms with E-state index in [4.69, 9.17) is 0 Å². The van der Waals surface area contributed by atoms with Gasteiger partial charge in [-0.15, -0.1) is 0 Å². The van der Waals surface area contributed by atoms with Crippen LogP contribution >= 0.6 is 35.5 Å². The van der Waals surface area contributed by atoms with Crippen LogP contribution in [0.1, 0.15) is 0 Å². The van der Waals surface area contributed by atoms with E-state index in [2.05, 4.69) is 57.0 Å². The SMILES string of the molecule is C1C2CN3CN1CN(C2)P3.C1C2CN3CN1CN(C2)P3.C1C2CN3CN1CN(C2)P3.C1C2CN3CN1CN(C2)P3.[Ag+].[Ag+]. The van der Waals surface area contributed by atoms with Crippen LogP contribution in [0.3, 0.4) is 0 Å². The Hall–Kier alpha value is 2.72. The van der Waals surface area contributed by atoms with E-state index in [9.17, 15) is 0 Å². The second kappa shape index (κ2) is 14.3. The molecule has 8 unspecified atom stereocenters. The molecule has 16 aliphatic rings. The van der Waals surface area contributed by atoms with Gasteiger partial charge in [0.25, 0.3) is 0 Å². The summed E-state index contributed by atoms with van der Waals surface area (Å²) in [6.07, 6.45) is 0. The summed E-state index contributed by atoms with van der Waals surface area (Å²) in [6, 6.07) is 0. The van der Waals surface area contributed by atoms with Gasteiger partial charge in [0, 0.05) is 114 Å². The smallest absolute Gasteiger partial charge is 0.276 e. The Balaban J connectivity index is 0.0000000900. The van der Waals surface area contributed by atoms with E-state index in [1.165, 1.54) is 132 Å². The molecule has 0 radical (unpaired) electrons. The minimum Gasteiger partial charge on any atom is -0.276 e. The Labute approximate surface area is 291 Å². The second-order valence-corrected chi connectivity index (χ2v) is 20.0. The van der Waals surface area contributed by atoms with Gasteiger partial charge in [0.15, 0.2) is 0 Å². The molecule has 16 aliphatic heterocycles. The van der Waals surface area contributed by atoms with Gasteiger partial charge in [-0.1, -0.05) is 0 Å². The average Bonchev–Trinajstić information content (AvgIpc) is 2.87. The van der Waals surface area contributed by atoms with Crippen LogP contribution < -0.4 is 0 Å². The third kappa shape index (κ3) is 7.63. The van der Waals surface area contributed by atoms with Gasteiger partial charge in [0.1, 0.15) is 0 Å². The number of nitrogens with zero attached hydrogens (tertiary/aromatic N) is 12. The first-order valence-electron chi connectivity index (χ1n) is 15.5. The molecule has 16 fully saturated rings. The van der Waals surface area contributed by atoms with Crippen molar-refractivity contribution >= 4 is 35.5 Å². The fourth-order valence-corrected chi connectivity index (χ4v) is 15.5. The molecule has 244 valence electrons. The quantitative estimate of drug-likeness (QED) is 0.242. The van der Waals surface area contributed by atoms with Crippen LogP contribution in [0.4, 0.5) is 0 Å². The molecular formula is C24H48Ag2N12P4+2. The third-order valence-corrected chi connectivity index (χ3v) is 14.8. The monoisotopic (exact) mass is 842 g/mol. The minimum atomic E-state index is 0. The van der Waals surface area contributed by atoms with Gasteiger partial charge >= 0.3 is 44.8 Å². The van der Waals surface area contributed by atoms with Crippen LogP contribution in [0.2, 0.25) is 0 Å². The summed E-state index contributed by atoms with van der Waals surface area (Å²) in [4.78, 5) is 10.2. The zero-order chi connectivity index (χ0) is 26.2. The van der Waals surface area contributed by atoms with Gasteiger partial charge < -0.3 is 0 Å². The van der Waals surface area contributed by atoms with Crippen molar-refractivity contribution in [2.75, 3.05) is 132 Å². The number of hydrogen-bond acceptors (Lipinski definition) is 12. The van der Waals surface area contributed by atoms with E-state index in [1.807, 2.05) is 0 Å². The van der Waals surface area contributed by atoms with E-state index in [0.717, 1.165) is 59.2 Å². The molecule has 16 saturated heterocycles. The molecule has 0 aliphatic carbocycles. The third-order valence-electron chi connectivity index (χ3n) is 9.99. The van der Waals surface area contributed by atoms with Crippen molar-refractivity contribution in [3.63, 3.8) is 0 Å². The van der Waals surface area contributed by atoms with E-state index < -0.39 is 0 Å². The Morgan fingerprint density at radius 3 is 0.548 bits per heavy atom. The number of rotatable bonds is 0. The van der Waals surface area contributed by atoms with E-state index in [1.54, 1.807) is 0 Å². The molecule has 0 aromatic carbocycles. The van der Waals surface area contributed by atoms with Crippen LogP contribution in [-0.4, -0.2) is 189 Å². The maximum Gasteiger partial charge on any atom is 1.00 e. The van der Waals surface area contributed by atoms with Gasteiger partial charge in [-0.05, 0) is 23.7 Å². The van der Waals surface area contributed by atoms with Crippen LogP contribution in [0.5, 0.6) is 0 Å². The van der Waals surface area contributed by atoms with Crippen molar-refractivity contribution in [1.82, 2.24) is 57.0 Å². The van der Waals surface area contributed by atoms with Crippen molar-refractivity contribution in [1.29, 1.82) is 0 Å². The van der Waals surface area contributed by atoms with Crippen molar-refractivity contribution in [3.8, 4) is 0 Å². The summed E-state index contributed by atoms with van der Waals surface area (Å²) in [5.41, 5.74) is 0. The zero-order valence-electron chi connectivity index (χ0n) is 24.4. The van der Waals surface area contributed by atoms with Gasteiger partial charge in [-0.25, -0.2) is 0 Å². The van der Waals surface area contributed by atoms with E-state index in [-0.39, 0.29) is 44.8 Å². The normalized spacial score (nSPS) is 57.1. The summed E-state index contributed by atoms with van der Waals surface area (Å²) in [5, 5.41) is 0. The van der Waals surface area contributed by atoms with E-state index in [0.29, 0.717) is 0 Å². The van der Waals surface area contributed by atoms with Gasteiger partial charge in [-0.2, -0.15) is 0 Å². The van der Waals surface area contributed by atoms with Crippen LogP contribution in [0.15, 0.2) is 0 Å². The Bertz CT molecular complexity index is 574. The minimum absolute atomic E-state index is 0. The van der Waals surface area contributed by atoms with Crippen LogP contribution in [-0.2, 0) is 44.8 Å². The molecule has 8 atom stereocenters. The molecule has 0 spiro atoms. The maximum atomic E-state index is 2.57. The van der Waals surface area contributed by atoms with Gasteiger partial charge in [0.2, 0.25) is 0 Å². The largest absolute Gasteiger partial charge is 1.00 e. The Morgan fingerprint density at radius 2 is 0.429 bits per heavy atom. The molecule has 0 amide bonds. The summed E-state index contributed by atoms with van der Waals surface area (Å²) >= 11 is 0. The van der Waals surface area contributed by atoms with Gasteiger partial charge in [0.05, 0.1) is 53.3 Å². The molecule has 16 rings (SSSR count). The molecule has 0 aromatic rings. The van der Waals surface area contributed by atoms with E-state index >= 15 is 0 Å². The summed E-state index contributed by atoms with van der Waals surface area (Å²) in [6.45, 7) is 26.3. The fourth-order valence-electron chi connectivity index (χ4n) is 9.06. The van der Waals surface area contributed by atoms with Crippen molar-refractivity contribution in [2.45, 2.75) is 0 Å². The maximum absolute atomic E-state index is 2.57. The predicted octanol–water partition coefficient (Wildman–Crippen LogP) is -0.113. The predicted molar refractivity (Wildman–Crippen MR) is 167 cm³/mol. The molecular weight excluding hydrogens is 796 g/mol. The topological polar surface area (TPSA) is 38.9 Å². The summed E-state index contributed by atoms with van der Waals surface area (Å²) in [7, 11) is 3.98. The molecule has 0 saturated carbocycles. The fraction of sp³-hybridized carbons (Fsp3) is 1.00. The second-order valence-electron chi connectivity index (χ2n) is 14.2.